The fourth-order valence-corrected chi connectivity index (χ4v) is 4.11. The quantitative estimate of drug-likeness (QED) is 0.419. The molecule has 0 saturated carbocycles. The second-order valence-corrected chi connectivity index (χ2v) is 10.2. The fourth-order valence-electron chi connectivity index (χ4n) is 3.32. The zero-order valence-electron chi connectivity index (χ0n) is 20.3. The Bertz CT molecular complexity index is 1080. The Kier molecular flexibility index (Phi) is 7.63. The summed E-state index contributed by atoms with van der Waals surface area (Å²) in [5, 5.41) is 9.01. The summed E-state index contributed by atoms with van der Waals surface area (Å²) in [5.41, 5.74) is 2.95. The molecular weight excluding hydrogens is 438 g/mol. The predicted molar refractivity (Wildman–Crippen MR) is 132 cm³/mol. The molecule has 8 nitrogen and oxygen atoms in total. The lowest BCUT2D eigenvalue weighted by atomic mass is 10.0. The first kappa shape index (κ1) is 24.6. The maximum atomic E-state index is 12.3. The van der Waals surface area contributed by atoms with Gasteiger partial charge in [-0.3, -0.25) is 0 Å². The first-order valence-electron chi connectivity index (χ1n) is 10.9. The van der Waals surface area contributed by atoms with Gasteiger partial charge in [0.1, 0.15) is 11.4 Å². The van der Waals surface area contributed by atoms with Gasteiger partial charge in [-0.15, -0.1) is 11.3 Å². The lowest BCUT2D eigenvalue weighted by Gasteiger charge is -2.23. The maximum absolute atomic E-state index is 12.3. The number of benzene rings is 1. The van der Waals surface area contributed by atoms with Crippen LogP contribution in [0.15, 0.2) is 36.1 Å². The number of carbonyl (C=O) groups is 1. The highest BCUT2D eigenvalue weighted by atomic mass is 32.1. The van der Waals surface area contributed by atoms with Gasteiger partial charge in [0.2, 0.25) is 0 Å². The summed E-state index contributed by atoms with van der Waals surface area (Å²) in [4.78, 5) is 21.4. The number of carbonyl (C=O) groups excluding carboxylic acids is 1. The lowest BCUT2D eigenvalue weighted by molar-refractivity contribution is 0.0496. The van der Waals surface area contributed by atoms with Gasteiger partial charge in [0.15, 0.2) is 5.13 Å². The van der Waals surface area contributed by atoms with Crippen molar-refractivity contribution in [3.8, 4) is 11.4 Å². The van der Waals surface area contributed by atoms with Crippen molar-refractivity contribution in [3.63, 3.8) is 0 Å². The molecule has 33 heavy (non-hydrogen) atoms. The molecule has 3 aromatic rings. The summed E-state index contributed by atoms with van der Waals surface area (Å²) in [5.74, 6) is 1.10. The van der Waals surface area contributed by atoms with Crippen molar-refractivity contribution in [2.45, 2.75) is 59.6 Å². The molecule has 1 amide bonds. The molecule has 0 aliphatic rings. The van der Waals surface area contributed by atoms with Crippen LogP contribution in [0.3, 0.4) is 0 Å². The third kappa shape index (κ3) is 6.95. The second kappa shape index (κ2) is 10.2. The highest BCUT2D eigenvalue weighted by Crippen LogP contribution is 2.31. The van der Waals surface area contributed by atoms with Crippen LogP contribution in [0.1, 0.15) is 58.5 Å². The summed E-state index contributed by atoms with van der Waals surface area (Å²) < 4.78 is 13.0. The average molecular weight is 472 g/mol. The molecule has 1 unspecified atom stereocenters. The zero-order chi connectivity index (χ0) is 24.2. The van der Waals surface area contributed by atoms with Crippen molar-refractivity contribution >= 4 is 28.2 Å². The van der Waals surface area contributed by atoms with E-state index in [1.165, 1.54) is 11.3 Å². The van der Waals surface area contributed by atoms with Crippen LogP contribution >= 0.6 is 11.3 Å². The van der Waals surface area contributed by atoms with Crippen molar-refractivity contribution in [1.29, 1.82) is 0 Å². The predicted octanol–water partition coefficient (Wildman–Crippen LogP) is 6.00. The number of anilines is 2. The first-order valence-corrected chi connectivity index (χ1v) is 11.8. The number of amides is 1. The Balaban J connectivity index is 1.76. The average Bonchev–Trinajstić information content (AvgIpc) is 3.34. The second-order valence-electron chi connectivity index (χ2n) is 9.34. The van der Waals surface area contributed by atoms with E-state index in [4.69, 9.17) is 14.5 Å². The summed E-state index contributed by atoms with van der Waals surface area (Å²) in [6, 6.07) is 5.64. The van der Waals surface area contributed by atoms with E-state index >= 15 is 0 Å². The topological polar surface area (TPSA) is 90.3 Å². The molecule has 2 aromatic heterocycles. The van der Waals surface area contributed by atoms with Gasteiger partial charge in [0.05, 0.1) is 36.6 Å². The molecule has 1 aromatic carbocycles. The smallest absolute Gasteiger partial charge is 0.408 e. The van der Waals surface area contributed by atoms with Crippen LogP contribution in [0.2, 0.25) is 0 Å². The lowest BCUT2D eigenvalue weighted by Crippen LogP contribution is -2.35. The van der Waals surface area contributed by atoms with Gasteiger partial charge in [-0.1, -0.05) is 13.8 Å². The largest absolute Gasteiger partial charge is 0.494 e. The molecule has 3 rings (SSSR count). The van der Waals surface area contributed by atoms with Crippen LogP contribution < -0.4 is 15.4 Å². The van der Waals surface area contributed by atoms with E-state index < -0.39 is 11.7 Å². The Morgan fingerprint density at radius 3 is 2.64 bits per heavy atom. The Hall–Kier alpha value is -3.07. The summed E-state index contributed by atoms with van der Waals surface area (Å²) in [6.07, 6.45) is 4.03. The van der Waals surface area contributed by atoms with Gasteiger partial charge in [-0.05, 0) is 52.2 Å². The number of nitrogens with one attached hydrogen (secondary N) is 2. The molecule has 0 saturated heterocycles. The van der Waals surface area contributed by atoms with Crippen molar-refractivity contribution < 1.29 is 14.3 Å². The maximum Gasteiger partial charge on any atom is 0.408 e. The number of ether oxygens (including phenoxy) is 2. The molecule has 178 valence electrons. The molecule has 1 atom stereocenters. The Labute approximate surface area is 199 Å². The molecule has 0 aliphatic heterocycles. The van der Waals surface area contributed by atoms with Gasteiger partial charge < -0.3 is 24.7 Å². The van der Waals surface area contributed by atoms with E-state index in [0.717, 1.165) is 40.1 Å². The third-order valence-electron chi connectivity index (χ3n) is 4.70. The first-order chi connectivity index (χ1) is 15.5. The van der Waals surface area contributed by atoms with Crippen molar-refractivity contribution in [2.24, 2.45) is 5.92 Å². The minimum Gasteiger partial charge on any atom is -0.494 e. The van der Waals surface area contributed by atoms with E-state index in [1.54, 1.807) is 13.4 Å². The Morgan fingerprint density at radius 1 is 1.27 bits per heavy atom. The molecule has 0 aliphatic carbocycles. The van der Waals surface area contributed by atoms with Crippen LogP contribution in [0.4, 0.5) is 15.6 Å². The molecule has 0 fully saturated rings. The number of nitrogens with zero attached hydrogens (tertiary/aromatic N) is 3. The zero-order valence-corrected chi connectivity index (χ0v) is 21.1. The van der Waals surface area contributed by atoms with Gasteiger partial charge >= 0.3 is 6.09 Å². The monoisotopic (exact) mass is 471 g/mol. The summed E-state index contributed by atoms with van der Waals surface area (Å²) in [7, 11) is 1.65. The Morgan fingerprint density at radius 2 is 2.03 bits per heavy atom. The highest BCUT2D eigenvalue weighted by Gasteiger charge is 2.23. The minimum atomic E-state index is -0.554. The van der Waals surface area contributed by atoms with Gasteiger partial charge in [0, 0.05) is 23.3 Å². The number of hydrogen-bond acceptors (Lipinski definition) is 7. The van der Waals surface area contributed by atoms with Crippen LogP contribution in [-0.4, -0.2) is 33.3 Å². The number of aromatic nitrogens is 3. The number of hydrogen-bond donors (Lipinski definition) is 2. The summed E-state index contributed by atoms with van der Waals surface area (Å²) in [6.45, 7) is 11.7. The number of imidazole rings is 1. The number of methoxy groups -OCH3 is 1. The number of thiazole rings is 1. The van der Waals surface area contributed by atoms with Crippen molar-refractivity contribution in [2.75, 3.05) is 12.4 Å². The normalized spacial score (nSPS) is 12.5. The number of rotatable bonds is 8. The van der Waals surface area contributed by atoms with Gasteiger partial charge in [0.25, 0.3) is 0 Å². The number of aryl methyl sites for hydroxylation is 1. The summed E-state index contributed by atoms with van der Waals surface area (Å²) >= 11 is 1.49. The van der Waals surface area contributed by atoms with E-state index in [0.29, 0.717) is 5.92 Å². The molecule has 2 heterocycles. The van der Waals surface area contributed by atoms with E-state index in [9.17, 15) is 4.79 Å². The van der Waals surface area contributed by atoms with Crippen LogP contribution in [0, 0.1) is 12.8 Å². The molecule has 2 N–H and O–H groups in total. The van der Waals surface area contributed by atoms with Crippen molar-refractivity contribution in [3.05, 3.63) is 47.5 Å². The highest BCUT2D eigenvalue weighted by molar-refractivity contribution is 7.13. The SMILES string of the molecule is COc1cc(Nc2nc(C(CC(C)C)NC(=O)OC(C)(C)C)cs2)ccc1-n1cnc(C)c1. The van der Waals surface area contributed by atoms with Crippen LogP contribution in [-0.2, 0) is 4.74 Å². The number of alkyl carbamates (subject to hydrolysis) is 1. The minimum absolute atomic E-state index is 0.229. The van der Waals surface area contributed by atoms with Gasteiger partial charge in [-0.2, -0.15) is 0 Å². The molecule has 0 spiro atoms. The van der Waals surface area contributed by atoms with Gasteiger partial charge in [-0.25, -0.2) is 14.8 Å². The van der Waals surface area contributed by atoms with Crippen LogP contribution in [0.5, 0.6) is 5.75 Å². The van der Waals surface area contributed by atoms with E-state index in [-0.39, 0.29) is 6.04 Å². The van der Waals surface area contributed by atoms with Crippen molar-refractivity contribution in [1.82, 2.24) is 19.9 Å². The third-order valence-corrected chi connectivity index (χ3v) is 5.47. The molecule has 0 bridgehead atoms. The standard InChI is InChI=1S/C24H33N5O3S/c1-15(2)10-18(28-23(30)32-24(4,5)6)19-13-33-22(27-19)26-17-8-9-20(21(11-17)31-7)29-12-16(3)25-14-29/h8-9,11-15,18H,10H2,1-7H3,(H,26,27)(H,28,30). The molecule has 0 radical (unpaired) electrons. The van der Waals surface area contributed by atoms with Crippen LogP contribution in [0.25, 0.3) is 5.69 Å². The molecule has 9 heteroatoms. The van der Waals surface area contributed by atoms with E-state index in [1.807, 2.05) is 62.0 Å². The fraction of sp³-hybridized carbons (Fsp3) is 0.458. The molecular formula is C24H33N5O3S. The van der Waals surface area contributed by atoms with E-state index in [2.05, 4.69) is 29.5 Å².